The summed E-state index contributed by atoms with van der Waals surface area (Å²) in [4.78, 5) is 20.3. The lowest BCUT2D eigenvalue weighted by Crippen LogP contribution is -2.11. The molecule has 0 unspecified atom stereocenters. The quantitative estimate of drug-likeness (QED) is 0.511. The Morgan fingerprint density at radius 3 is 2.14 bits per heavy atom. The molecule has 1 heterocycles. The molecule has 4 N–H and O–H groups in total. The molecule has 0 radical (unpaired) electrons. The van der Waals surface area contributed by atoms with E-state index in [9.17, 15) is 4.79 Å². The number of nitrogens with two attached hydrogens (primary N) is 2. The van der Waals surface area contributed by atoms with E-state index in [-0.39, 0.29) is 17.0 Å². The van der Waals surface area contributed by atoms with Gasteiger partial charge in [-0.2, -0.15) is 0 Å². The zero-order chi connectivity index (χ0) is 16.3. The number of hydrogen-bond acceptors (Lipinski definition) is 6. The van der Waals surface area contributed by atoms with E-state index in [4.69, 9.17) is 11.5 Å². The minimum absolute atomic E-state index is 0.0232. The minimum atomic E-state index is 0.0232. The number of thioether (sulfide) groups is 1. The third-order valence-corrected chi connectivity index (χ3v) is 4.00. The van der Waals surface area contributed by atoms with Crippen molar-refractivity contribution in [2.45, 2.75) is 31.3 Å². The van der Waals surface area contributed by atoms with Crippen LogP contribution in [-0.2, 0) is 5.41 Å². The van der Waals surface area contributed by atoms with Crippen LogP contribution in [0, 0.1) is 0 Å². The average Bonchev–Trinajstić information content (AvgIpc) is 2.43. The average molecular weight is 316 g/mol. The number of hydrogen-bond donors (Lipinski definition) is 2. The zero-order valence-electron chi connectivity index (χ0n) is 13.0. The summed E-state index contributed by atoms with van der Waals surface area (Å²) in [6, 6.07) is 9.19. The van der Waals surface area contributed by atoms with Crippen LogP contribution in [0.4, 0.5) is 11.6 Å². The highest BCUT2D eigenvalue weighted by Gasteiger charge is 2.14. The Labute approximate surface area is 134 Å². The highest BCUT2D eigenvalue weighted by atomic mass is 32.2. The number of aromatic nitrogens is 2. The molecule has 0 aliphatic carbocycles. The SMILES string of the molecule is CC(C)(C)c1ccc(C(=O)CSc2nc(N)cc(N)n2)cc1. The van der Waals surface area contributed by atoms with Gasteiger partial charge in [0, 0.05) is 11.6 Å². The second-order valence-electron chi connectivity index (χ2n) is 6.04. The monoisotopic (exact) mass is 316 g/mol. The fraction of sp³-hybridized carbons (Fsp3) is 0.312. The van der Waals surface area contributed by atoms with E-state index in [1.165, 1.54) is 23.4 Å². The molecule has 1 aromatic heterocycles. The number of ketones is 1. The molecule has 0 spiro atoms. The molecule has 0 atom stereocenters. The zero-order valence-corrected chi connectivity index (χ0v) is 13.8. The molecule has 2 rings (SSSR count). The Morgan fingerprint density at radius 1 is 1.09 bits per heavy atom. The molecule has 0 amide bonds. The van der Waals surface area contributed by atoms with Gasteiger partial charge in [-0.3, -0.25) is 4.79 Å². The van der Waals surface area contributed by atoms with Crippen LogP contribution in [0.15, 0.2) is 35.5 Å². The summed E-state index contributed by atoms with van der Waals surface area (Å²) >= 11 is 1.23. The molecular formula is C16H20N4OS. The van der Waals surface area contributed by atoms with Gasteiger partial charge in [0.1, 0.15) is 11.6 Å². The molecule has 1 aromatic carbocycles. The summed E-state index contributed by atoms with van der Waals surface area (Å²) < 4.78 is 0. The Kier molecular flexibility index (Phi) is 4.71. The van der Waals surface area contributed by atoms with Crippen LogP contribution in [0.2, 0.25) is 0 Å². The van der Waals surface area contributed by atoms with Crippen LogP contribution in [0.1, 0.15) is 36.7 Å². The van der Waals surface area contributed by atoms with Gasteiger partial charge < -0.3 is 11.5 Å². The van der Waals surface area contributed by atoms with E-state index in [0.29, 0.717) is 22.4 Å². The summed E-state index contributed by atoms with van der Waals surface area (Å²) in [7, 11) is 0. The number of rotatable bonds is 4. The van der Waals surface area contributed by atoms with Crippen LogP contribution in [0.3, 0.4) is 0 Å². The van der Waals surface area contributed by atoms with Crippen LogP contribution < -0.4 is 11.5 Å². The molecule has 0 bridgehead atoms. The number of carbonyl (C=O) groups is 1. The van der Waals surface area contributed by atoms with E-state index < -0.39 is 0 Å². The van der Waals surface area contributed by atoms with Gasteiger partial charge in [0.05, 0.1) is 5.75 Å². The third-order valence-electron chi connectivity index (χ3n) is 3.15. The number of carbonyl (C=O) groups excluding carboxylic acids is 1. The lowest BCUT2D eigenvalue weighted by molar-refractivity contribution is 0.102. The lowest BCUT2D eigenvalue weighted by atomic mass is 9.86. The largest absolute Gasteiger partial charge is 0.383 e. The first-order valence-electron chi connectivity index (χ1n) is 6.92. The molecule has 0 fully saturated rings. The van der Waals surface area contributed by atoms with E-state index in [2.05, 4.69) is 30.7 Å². The Morgan fingerprint density at radius 2 is 1.64 bits per heavy atom. The maximum absolute atomic E-state index is 12.2. The van der Waals surface area contributed by atoms with Gasteiger partial charge in [0.2, 0.25) is 0 Å². The van der Waals surface area contributed by atoms with Crippen molar-refractivity contribution < 1.29 is 4.79 Å². The van der Waals surface area contributed by atoms with E-state index in [1.54, 1.807) is 0 Å². The standard InChI is InChI=1S/C16H20N4OS/c1-16(2,3)11-6-4-10(5-7-11)12(21)9-22-15-19-13(17)8-14(18)20-15/h4-8H,9H2,1-3H3,(H4,17,18,19,20). The predicted octanol–water partition coefficient (Wildman–Crippen LogP) is 2.91. The van der Waals surface area contributed by atoms with Crippen molar-refractivity contribution in [3.63, 3.8) is 0 Å². The summed E-state index contributed by atoms with van der Waals surface area (Å²) in [5.74, 6) is 0.876. The van der Waals surface area contributed by atoms with Crippen molar-refractivity contribution in [2.75, 3.05) is 17.2 Å². The second-order valence-corrected chi connectivity index (χ2v) is 6.98. The Bertz CT molecular complexity index is 657. The van der Waals surface area contributed by atoms with E-state index >= 15 is 0 Å². The Balaban J connectivity index is 2.03. The highest BCUT2D eigenvalue weighted by molar-refractivity contribution is 7.99. The van der Waals surface area contributed by atoms with Gasteiger partial charge in [0.25, 0.3) is 0 Å². The predicted molar refractivity (Wildman–Crippen MR) is 91.1 cm³/mol. The summed E-state index contributed by atoms with van der Waals surface area (Å²) in [5, 5.41) is 0.414. The topological polar surface area (TPSA) is 94.9 Å². The van der Waals surface area contributed by atoms with E-state index in [1.807, 2.05) is 24.3 Å². The number of Topliss-reactive ketones (excluding diaryl/α,β-unsaturated/α-hetero) is 1. The van der Waals surface area contributed by atoms with Crippen LogP contribution in [0.5, 0.6) is 0 Å². The van der Waals surface area contributed by atoms with Crippen LogP contribution in [-0.4, -0.2) is 21.5 Å². The molecule has 0 aliphatic heterocycles. The van der Waals surface area contributed by atoms with Gasteiger partial charge in [-0.25, -0.2) is 9.97 Å². The number of benzene rings is 1. The first-order chi connectivity index (χ1) is 10.3. The van der Waals surface area contributed by atoms with Gasteiger partial charge in [0.15, 0.2) is 10.9 Å². The molecule has 0 aliphatic rings. The Hall–Kier alpha value is -2.08. The van der Waals surface area contributed by atoms with Gasteiger partial charge in [-0.1, -0.05) is 56.8 Å². The van der Waals surface area contributed by atoms with Crippen molar-refractivity contribution >= 4 is 29.2 Å². The lowest BCUT2D eigenvalue weighted by Gasteiger charge is -2.18. The maximum Gasteiger partial charge on any atom is 0.191 e. The smallest absolute Gasteiger partial charge is 0.191 e. The highest BCUT2D eigenvalue weighted by Crippen LogP contribution is 2.23. The van der Waals surface area contributed by atoms with Crippen molar-refractivity contribution in [1.29, 1.82) is 0 Å². The first kappa shape index (κ1) is 16.3. The summed E-state index contributed by atoms with van der Waals surface area (Å²) in [6.45, 7) is 6.42. The van der Waals surface area contributed by atoms with E-state index in [0.717, 1.165) is 0 Å². The molecule has 5 nitrogen and oxygen atoms in total. The second kappa shape index (κ2) is 6.36. The molecular weight excluding hydrogens is 296 g/mol. The van der Waals surface area contributed by atoms with Gasteiger partial charge >= 0.3 is 0 Å². The van der Waals surface area contributed by atoms with Crippen LogP contribution in [0.25, 0.3) is 0 Å². The normalized spacial score (nSPS) is 11.4. The van der Waals surface area contributed by atoms with Crippen molar-refractivity contribution in [2.24, 2.45) is 0 Å². The number of nitrogen functional groups attached to an aromatic ring is 2. The fourth-order valence-corrected chi connectivity index (χ4v) is 2.66. The molecule has 116 valence electrons. The molecule has 2 aromatic rings. The minimum Gasteiger partial charge on any atom is -0.383 e. The molecule has 0 saturated heterocycles. The molecule has 22 heavy (non-hydrogen) atoms. The van der Waals surface area contributed by atoms with Crippen molar-refractivity contribution in [1.82, 2.24) is 9.97 Å². The summed E-state index contributed by atoms with van der Waals surface area (Å²) in [6.07, 6.45) is 0. The first-order valence-corrected chi connectivity index (χ1v) is 7.91. The summed E-state index contributed by atoms with van der Waals surface area (Å²) in [5.41, 5.74) is 13.2. The maximum atomic E-state index is 12.2. The number of nitrogens with zero attached hydrogens (tertiary/aromatic N) is 2. The number of anilines is 2. The van der Waals surface area contributed by atoms with Crippen LogP contribution >= 0.6 is 11.8 Å². The van der Waals surface area contributed by atoms with Gasteiger partial charge in [-0.05, 0) is 11.0 Å². The third kappa shape index (κ3) is 4.21. The van der Waals surface area contributed by atoms with Crippen molar-refractivity contribution in [3.8, 4) is 0 Å². The molecule has 6 heteroatoms. The van der Waals surface area contributed by atoms with Gasteiger partial charge in [-0.15, -0.1) is 0 Å². The van der Waals surface area contributed by atoms with Crippen molar-refractivity contribution in [3.05, 3.63) is 41.5 Å². The fourth-order valence-electron chi connectivity index (χ4n) is 1.90. The molecule has 0 saturated carbocycles.